The van der Waals surface area contributed by atoms with Crippen molar-refractivity contribution in [1.29, 1.82) is 0 Å². The maximum atomic E-state index is 11.8. The summed E-state index contributed by atoms with van der Waals surface area (Å²) in [5, 5.41) is 3.58. The quantitative estimate of drug-likeness (QED) is 0.859. The first-order valence-corrected chi connectivity index (χ1v) is 7.34. The Labute approximate surface area is 130 Å². The van der Waals surface area contributed by atoms with Crippen LogP contribution in [-0.2, 0) is 11.3 Å². The van der Waals surface area contributed by atoms with E-state index in [0.29, 0.717) is 24.4 Å². The molecule has 4 heteroatoms. The van der Waals surface area contributed by atoms with Gasteiger partial charge in [-0.2, -0.15) is 0 Å². The van der Waals surface area contributed by atoms with Gasteiger partial charge in [-0.05, 0) is 29.7 Å². The number of nitrogens with two attached hydrogens (primary N) is 1. The molecule has 0 saturated carbocycles. The van der Waals surface area contributed by atoms with Crippen LogP contribution in [0.4, 0.5) is 0 Å². The summed E-state index contributed by atoms with van der Waals surface area (Å²) in [6, 6.07) is 17.2. The van der Waals surface area contributed by atoms with Crippen molar-refractivity contribution in [2.45, 2.75) is 25.4 Å². The topological polar surface area (TPSA) is 55.1 Å². The van der Waals surface area contributed by atoms with E-state index in [0.717, 1.165) is 11.1 Å². The smallest absolute Gasteiger partial charge is 0.220 e. The molecule has 2 aromatic carbocycles. The van der Waals surface area contributed by atoms with Gasteiger partial charge in [0.1, 0.15) is 0 Å². The van der Waals surface area contributed by atoms with Crippen molar-refractivity contribution in [1.82, 2.24) is 5.32 Å². The number of hydrogen-bond acceptors (Lipinski definition) is 2. The summed E-state index contributed by atoms with van der Waals surface area (Å²) < 4.78 is 0. The molecule has 1 amide bonds. The van der Waals surface area contributed by atoms with Gasteiger partial charge in [0.15, 0.2) is 0 Å². The van der Waals surface area contributed by atoms with E-state index in [4.69, 9.17) is 17.3 Å². The Hall–Kier alpha value is -1.84. The van der Waals surface area contributed by atoms with Crippen LogP contribution in [0.5, 0.6) is 0 Å². The third-order valence-corrected chi connectivity index (χ3v) is 3.57. The molecule has 0 radical (unpaired) electrons. The zero-order chi connectivity index (χ0) is 15.1. The molecule has 2 rings (SSSR count). The lowest BCUT2D eigenvalue weighted by Crippen LogP contribution is -2.24. The van der Waals surface area contributed by atoms with Gasteiger partial charge in [-0.3, -0.25) is 4.79 Å². The van der Waals surface area contributed by atoms with Crippen LogP contribution in [0.3, 0.4) is 0 Å². The number of halogens is 1. The zero-order valence-corrected chi connectivity index (χ0v) is 12.5. The number of amides is 1. The standard InChI is InChI=1S/C17H19ClN2O/c18-15-8-6-13(7-9-15)12-20-17(21)11-10-16(19)14-4-2-1-3-5-14/h1-9,16H,10-12,19H2,(H,20,21). The van der Waals surface area contributed by atoms with Crippen LogP contribution in [0.2, 0.25) is 5.02 Å². The fourth-order valence-electron chi connectivity index (χ4n) is 2.04. The highest BCUT2D eigenvalue weighted by atomic mass is 35.5. The molecule has 110 valence electrons. The van der Waals surface area contributed by atoms with E-state index in [1.54, 1.807) is 0 Å². The summed E-state index contributed by atoms with van der Waals surface area (Å²) in [5.41, 5.74) is 8.16. The molecule has 0 fully saturated rings. The van der Waals surface area contributed by atoms with Gasteiger partial charge in [0.2, 0.25) is 5.91 Å². The fourth-order valence-corrected chi connectivity index (χ4v) is 2.17. The highest BCUT2D eigenvalue weighted by Gasteiger charge is 2.08. The van der Waals surface area contributed by atoms with Crippen LogP contribution in [0, 0.1) is 0 Å². The van der Waals surface area contributed by atoms with Crippen molar-refractivity contribution in [3.8, 4) is 0 Å². The number of benzene rings is 2. The lowest BCUT2D eigenvalue weighted by molar-refractivity contribution is -0.121. The predicted molar refractivity (Wildman–Crippen MR) is 85.9 cm³/mol. The molecule has 0 spiro atoms. The monoisotopic (exact) mass is 302 g/mol. The Kier molecular flexibility index (Phi) is 5.78. The lowest BCUT2D eigenvalue weighted by atomic mass is 10.0. The highest BCUT2D eigenvalue weighted by Crippen LogP contribution is 2.15. The minimum Gasteiger partial charge on any atom is -0.352 e. The molecule has 0 heterocycles. The second kappa shape index (κ2) is 7.81. The van der Waals surface area contributed by atoms with Crippen molar-refractivity contribution in [2.24, 2.45) is 5.73 Å². The Bertz CT molecular complexity index is 569. The maximum Gasteiger partial charge on any atom is 0.220 e. The van der Waals surface area contributed by atoms with Gasteiger partial charge in [-0.15, -0.1) is 0 Å². The summed E-state index contributed by atoms with van der Waals surface area (Å²) in [4.78, 5) is 11.8. The molecular weight excluding hydrogens is 284 g/mol. The highest BCUT2D eigenvalue weighted by molar-refractivity contribution is 6.30. The molecule has 0 bridgehead atoms. The second-order valence-corrected chi connectivity index (χ2v) is 5.40. The number of carbonyl (C=O) groups is 1. The van der Waals surface area contributed by atoms with Crippen molar-refractivity contribution in [3.05, 3.63) is 70.7 Å². The molecule has 0 aliphatic carbocycles. The van der Waals surface area contributed by atoms with E-state index >= 15 is 0 Å². The molecular formula is C17H19ClN2O. The van der Waals surface area contributed by atoms with Crippen molar-refractivity contribution in [2.75, 3.05) is 0 Å². The minimum atomic E-state index is -0.104. The SMILES string of the molecule is NC(CCC(=O)NCc1ccc(Cl)cc1)c1ccccc1. The van der Waals surface area contributed by atoms with Gasteiger partial charge in [0.05, 0.1) is 0 Å². The lowest BCUT2D eigenvalue weighted by Gasteiger charge is -2.12. The molecule has 0 aliphatic rings. The summed E-state index contributed by atoms with van der Waals surface area (Å²) >= 11 is 5.82. The summed E-state index contributed by atoms with van der Waals surface area (Å²) in [7, 11) is 0. The largest absolute Gasteiger partial charge is 0.352 e. The maximum absolute atomic E-state index is 11.8. The van der Waals surface area contributed by atoms with E-state index in [-0.39, 0.29) is 11.9 Å². The normalized spacial score (nSPS) is 11.9. The average molecular weight is 303 g/mol. The molecule has 21 heavy (non-hydrogen) atoms. The third-order valence-electron chi connectivity index (χ3n) is 3.31. The molecule has 3 nitrogen and oxygen atoms in total. The van der Waals surface area contributed by atoms with E-state index in [9.17, 15) is 4.79 Å². The Balaban J connectivity index is 1.73. The predicted octanol–water partition coefficient (Wildman–Crippen LogP) is 3.44. The van der Waals surface area contributed by atoms with Gasteiger partial charge in [0, 0.05) is 24.0 Å². The van der Waals surface area contributed by atoms with Crippen LogP contribution in [0.25, 0.3) is 0 Å². The van der Waals surface area contributed by atoms with Crippen molar-refractivity contribution in [3.63, 3.8) is 0 Å². The van der Waals surface area contributed by atoms with Crippen LogP contribution < -0.4 is 11.1 Å². The van der Waals surface area contributed by atoms with Crippen LogP contribution in [0.15, 0.2) is 54.6 Å². The Morgan fingerprint density at radius 1 is 1.10 bits per heavy atom. The third kappa shape index (κ3) is 5.21. The van der Waals surface area contributed by atoms with Gasteiger partial charge >= 0.3 is 0 Å². The number of carbonyl (C=O) groups excluding carboxylic acids is 1. The minimum absolute atomic E-state index is 0.0105. The van der Waals surface area contributed by atoms with E-state index in [1.807, 2.05) is 54.6 Å². The molecule has 0 aromatic heterocycles. The molecule has 2 aromatic rings. The molecule has 1 unspecified atom stereocenters. The van der Waals surface area contributed by atoms with E-state index in [2.05, 4.69) is 5.32 Å². The number of nitrogens with one attached hydrogen (secondary N) is 1. The van der Waals surface area contributed by atoms with Gasteiger partial charge in [0.25, 0.3) is 0 Å². The van der Waals surface area contributed by atoms with Crippen LogP contribution in [-0.4, -0.2) is 5.91 Å². The summed E-state index contributed by atoms with van der Waals surface area (Å²) in [5.74, 6) is 0.0105. The number of rotatable bonds is 6. The van der Waals surface area contributed by atoms with Gasteiger partial charge < -0.3 is 11.1 Å². The summed E-state index contributed by atoms with van der Waals surface area (Å²) in [6.45, 7) is 0.510. The van der Waals surface area contributed by atoms with Crippen LogP contribution >= 0.6 is 11.6 Å². The Morgan fingerprint density at radius 3 is 2.43 bits per heavy atom. The van der Waals surface area contributed by atoms with Crippen LogP contribution in [0.1, 0.15) is 30.0 Å². The van der Waals surface area contributed by atoms with E-state index < -0.39 is 0 Å². The summed E-state index contributed by atoms with van der Waals surface area (Å²) in [6.07, 6.45) is 1.06. The second-order valence-electron chi connectivity index (χ2n) is 4.96. The molecule has 0 saturated heterocycles. The molecule has 1 atom stereocenters. The first kappa shape index (κ1) is 15.5. The first-order valence-electron chi connectivity index (χ1n) is 6.97. The average Bonchev–Trinajstić information content (AvgIpc) is 2.53. The van der Waals surface area contributed by atoms with E-state index in [1.165, 1.54) is 0 Å². The fraction of sp³-hybridized carbons (Fsp3) is 0.235. The zero-order valence-electron chi connectivity index (χ0n) is 11.8. The first-order chi connectivity index (χ1) is 10.1. The van der Waals surface area contributed by atoms with Crippen molar-refractivity contribution < 1.29 is 4.79 Å². The van der Waals surface area contributed by atoms with Crippen molar-refractivity contribution >= 4 is 17.5 Å². The molecule has 0 aliphatic heterocycles. The van der Waals surface area contributed by atoms with Gasteiger partial charge in [-0.25, -0.2) is 0 Å². The van der Waals surface area contributed by atoms with Gasteiger partial charge in [-0.1, -0.05) is 54.1 Å². The molecule has 3 N–H and O–H groups in total. The Morgan fingerprint density at radius 2 is 1.76 bits per heavy atom. The number of hydrogen-bond donors (Lipinski definition) is 2.